The van der Waals surface area contributed by atoms with E-state index in [9.17, 15) is 0 Å². The number of furan rings is 1. The van der Waals surface area contributed by atoms with E-state index >= 15 is 0 Å². The van der Waals surface area contributed by atoms with Crippen molar-refractivity contribution in [3.05, 3.63) is 149 Å². The third kappa shape index (κ3) is 5.84. The number of thiophene rings is 1. The molecular weight excluding hydrogens is 844 g/mol. The number of rotatable bonds is 2. The molecule has 9 aromatic rings. The summed E-state index contributed by atoms with van der Waals surface area (Å²) in [5.41, 5.74) is 20.8. The van der Waals surface area contributed by atoms with Gasteiger partial charge in [0.2, 0.25) is 0 Å². The van der Waals surface area contributed by atoms with Crippen LogP contribution < -0.4 is 20.0 Å². The molecule has 3 nitrogen and oxygen atoms in total. The number of anilines is 5. The summed E-state index contributed by atoms with van der Waals surface area (Å²) in [5, 5.41) is 6.17. The third-order valence-corrected chi connectivity index (χ3v) is 18.6. The largest absolute Gasteiger partial charge is 0.454 e. The quantitative estimate of drug-likeness (QED) is 0.161. The van der Waals surface area contributed by atoms with Crippen LogP contribution in [0.1, 0.15) is 135 Å². The number of aryl methyl sites for hydroxylation is 1. The van der Waals surface area contributed by atoms with E-state index in [1.165, 1.54) is 129 Å². The number of para-hydroxylation sites is 1. The highest BCUT2D eigenvalue weighted by molar-refractivity contribution is 7.32. The minimum absolute atomic E-state index is 0.0284. The summed E-state index contributed by atoms with van der Waals surface area (Å²) in [6, 6.07) is 45.0. The first-order valence-electron chi connectivity index (χ1n) is 25.2. The van der Waals surface area contributed by atoms with E-state index < -0.39 is 0 Å². The fourth-order valence-corrected chi connectivity index (χ4v) is 14.3. The summed E-state index contributed by atoms with van der Waals surface area (Å²) in [6.07, 6.45) is 4.69. The highest BCUT2D eigenvalue weighted by Gasteiger charge is 2.50. The molecule has 0 saturated carbocycles. The lowest BCUT2D eigenvalue weighted by atomic mass is 9.46. The van der Waals surface area contributed by atoms with Crippen molar-refractivity contribution >= 4 is 99.7 Å². The average molecular weight is 907 g/mol. The molecule has 0 atom stereocenters. The second-order valence-corrected chi connectivity index (χ2v) is 25.8. The van der Waals surface area contributed by atoms with Crippen LogP contribution in [-0.2, 0) is 27.1 Å². The van der Waals surface area contributed by atoms with Gasteiger partial charge < -0.3 is 14.1 Å². The summed E-state index contributed by atoms with van der Waals surface area (Å²) in [6.45, 7) is 29.0. The molecule has 4 heterocycles. The van der Waals surface area contributed by atoms with Crippen LogP contribution in [0.3, 0.4) is 0 Å². The van der Waals surface area contributed by atoms with Gasteiger partial charge in [-0.2, -0.15) is 0 Å². The van der Waals surface area contributed by atoms with Gasteiger partial charge in [0.25, 0.3) is 0 Å². The van der Waals surface area contributed by atoms with E-state index in [0.717, 1.165) is 23.0 Å². The average Bonchev–Trinajstić information content (AvgIpc) is 3.87. The van der Waals surface area contributed by atoms with Gasteiger partial charge in [0.15, 0.2) is 5.58 Å². The first-order chi connectivity index (χ1) is 32.2. The molecule has 0 fully saturated rings. The molecule has 4 aliphatic rings. The van der Waals surface area contributed by atoms with Crippen molar-refractivity contribution in [2.45, 2.75) is 136 Å². The standard InChI is InChI=1S/C63H63BN2OS/c1-36-29-46-48(62(9,10)27-25-60(46,5)6)34-50(36)65-55-45-33-47-49(63(11,12)28-26-61(47,7)8)35-53(45)68-58(55)64-54-43(32-44-41-19-15-16-20-52(41)67-57(44)56(54)65)42-30-37-17-13-14-18-38(37)31-51(42)66(64)40-23-21-39(22-24-40)59(2,3)4/h13-24,29-35H,25-28H2,1-12H3. The van der Waals surface area contributed by atoms with Gasteiger partial charge in [-0.15, -0.1) is 11.3 Å². The molecule has 0 N–H and O–H groups in total. The maximum absolute atomic E-state index is 7.35. The molecule has 0 spiro atoms. The summed E-state index contributed by atoms with van der Waals surface area (Å²) >= 11 is 2.03. The van der Waals surface area contributed by atoms with Gasteiger partial charge in [0.05, 0.1) is 11.4 Å². The molecule has 0 saturated heterocycles. The van der Waals surface area contributed by atoms with Crippen molar-refractivity contribution in [2.24, 2.45) is 0 Å². The van der Waals surface area contributed by atoms with Crippen molar-refractivity contribution < 1.29 is 4.42 Å². The van der Waals surface area contributed by atoms with Crippen LogP contribution in [0.25, 0.3) is 53.9 Å². The Morgan fingerprint density at radius 3 is 1.81 bits per heavy atom. The number of fused-ring (bicyclic) bond motifs is 13. The lowest BCUT2D eigenvalue weighted by Crippen LogP contribution is -2.60. The second kappa shape index (κ2) is 13.7. The molecule has 0 bridgehead atoms. The van der Waals surface area contributed by atoms with Gasteiger partial charge in [-0.3, -0.25) is 0 Å². The Balaban J connectivity index is 1.23. The summed E-state index contributed by atoms with van der Waals surface area (Å²) < 4.78 is 10.1. The molecule has 0 amide bonds. The van der Waals surface area contributed by atoms with Crippen LogP contribution in [0.5, 0.6) is 0 Å². The molecule has 2 aliphatic heterocycles. The van der Waals surface area contributed by atoms with E-state index in [1.54, 1.807) is 0 Å². The lowest BCUT2D eigenvalue weighted by molar-refractivity contribution is 0.332. The molecule has 2 aliphatic carbocycles. The molecular formula is C63H63BN2OS. The van der Waals surface area contributed by atoms with Crippen LogP contribution in [0.2, 0.25) is 0 Å². The van der Waals surface area contributed by atoms with Gasteiger partial charge in [-0.25, -0.2) is 0 Å². The van der Waals surface area contributed by atoms with Crippen LogP contribution in [-0.4, -0.2) is 6.85 Å². The number of hydrogen-bond donors (Lipinski definition) is 0. The summed E-state index contributed by atoms with van der Waals surface area (Å²) in [5.74, 6) is 0. The zero-order valence-electron chi connectivity index (χ0n) is 42.1. The van der Waals surface area contributed by atoms with Crippen LogP contribution in [0.15, 0.2) is 120 Å². The summed E-state index contributed by atoms with van der Waals surface area (Å²) in [4.78, 5) is 5.43. The van der Waals surface area contributed by atoms with Gasteiger partial charge >= 0.3 is 6.85 Å². The predicted octanol–water partition coefficient (Wildman–Crippen LogP) is 17.0. The fourth-order valence-electron chi connectivity index (χ4n) is 13.0. The minimum atomic E-state index is -0.123. The Morgan fingerprint density at radius 1 is 0.559 bits per heavy atom. The van der Waals surface area contributed by atoms with E-state index in [-0.39, 0.29) is 33.9 Å². The number of hydrogen-bond acceptors (Lipinski definition) is 4. The van der Waals surface area contributed by atoms with Crippen LogP contribution in [0.4, 0.5) is 28.4 Å². The Bertz CT molecular complexity index is 3650. The predicted molar refractivity (Wildman–Crippen MR) is 294 cm³/mol. The molecule has 5 heteroatoms. The van der Waals surface area contributed by atoms with E-state index in [1.807, 2.05) is 11.3 Å². The van der Waals surface area contributed by atoms with Gasteiger partial charge in [0, 0.05) is 48.3 Å². The van der Waals surface area contributed by atoms with Gasteiger partial charge in [-0.05, 0) is 169 Å². The molecule has 68 heavy (non-hydrogen) atoms. The van der Waals surface area contributed by atoms with Gasteiger partial charge in [0.1, 0.15) is 5.58 Å². The monoisotopic (exact) mass is 906 g/mol. The van der Waals surface area contributed by atoms with E-state index in [4.69, 9.17) is 4.42 Å². The highest BCUT2D eigenvalue weighted by Crippen LogP contribution is 2.57. The normalized spacial score (nSPS) is 18.4. The van der Waals surface area contributed by atoms with Crippen LogP contribution >= 0.6 is 11.3 Å². The minimum Gasteiger partial charge on any atom is -0.454 e. The maximum atomic E-state index is 7.35. The van der Waals surface area contributed by atoms with E-state index in [0.29, 0.717) is 0 Å². The Morgan fingerprint density at radius 2 is 1.15 bits per heavy atom. The molecule has 2 aromatic heterocycles. The molecule has 13 rings (SSSR count). The van der Waals surface area contributed by atoms with Crippen LogP contribution in [0, 0.1) is 6.92 Å². The third-order valence-electron chi connectivity index (χ3n) is 17.4. The molecule has 340 valence electrons. The number of nitrogens with zero attached hydrogens (tertiary/aromatic N) is 2. The maximum Gasteiger partial charge on any atom is 0.343 e. The Hall–Kier alpha value is -5.78. The van der Waals surface area contributed by atoms with E-state index in [2.05, 4.69) is 208 Å². The van der Waals surface area contributed by atoms with Crippen molar-refractivity contribution in [1.82, 2.24) is 0 Å². The smallest absolute Gasteiger partial charge is 0.343 e. The van der Waals surface area contributed by atoms with Crippen molar-refractivity contribution in [3.63, 3.8) is 0 Å². The van der Waals surface area contributed by atoms with Crippen molar-refractivity contribution in [1.29, 1.82) is 0 Å². The zero-order valence-corrected chi connectivity index (χ0v) is 42.9. The highest BCUT2D eigenvalue weighted by atomic mass is 32.1. The fraction of sp³-hybridized carbons (Fsp3) is 0.333. The molecule has 7 aromatic carbocycles. The topological polar surface area (TPSA) is 19.6 Å². The van der Waals surface area contributed by atoms with Crippen molar-refractivity contribution in [2.75, 3.05) is 9.71 Å². The SMILES string of the molecule is Cc1cc2c(cc1N1c3c(sc4cc5c(cc34)C(C)(C)CCC5(C)C)B3c4c(cc5c(oc6ccccc65)c41)-c1cc4ccccc4cc1N3c1ccc(C(C)(C)C)cc1)C(C)(C)CCC2(C)C. The first kappa shape index (κ1) is 42.3. The first-order valence-corrected chi connectivity index (χ1v) is 26.0. The summed E-state index contributed by atoms with van der Waals surface area (Å²) in [7, 11) is 0. The Kier molecular flexibility index (Phi) is 8.54. The zero-order chi connectivity index (χ0) is 47.2. The van der Waals surface area contributed by atoms with Crippen molar-refractivity contribution in [3.8, 4) is 11.1 Å². The number of benzene rings is 7. The lowest BCUT2D eigenvalue weighted by Gasteiger charge is -2.46. The van der Waals surface area contributed by atoms with Gasteiger partial charge in [-0.1, -0.05) is 137 Å². The Labute approximate surface area is 407 Å². The second-order valence-electron chi connectivity index (χ2n) is 24.7. The molecule has 0 unspecified atom stereocenters. The molecule has 0 radical (unpaired) electrons.